The van der Waals surface area contributed by atoms with Gasteiger partial charge in [0.2, 0.25) is 0 Å². The molecule has 0 aliphatic rings. The third-order valence-electron chi connectivity index (χ3n) is 2.81. The average molecular weight is 241 g/mol. The van der Waals surface area contributed by atoms with E-state index in [4.69, 9.17) is 0 Å². The number of halogens is 1. The molecule has 0 spiro atoms. The van der Waals surface area contributed by atoms with Crippen LogP contribution < -0.4 is 5.32 Å². The Balaban J connectivity index is 2.22. The highest BCUT2D eigenvalue weighted by atomic mass is 19.1. The van der Waals surface area contributed by atoms with Crippen LogP contribution in [0.4, 0.5) is 10.1 Å². The Morgan fingerprint density at radius 3 is 2.39 bits per heavy atom. The van der Waals surface area contributed by atoms with Crippen LogP contribution in [-0.2, 0) is 0 Å². The molecule has 2 heteroatoms. The zero-order valence-corrected chi connectivity index (χ0v) is 10.1. The lowest BCUT2D eigenvalue weighted by atomic mass is 10.0. The molecule has 0 saturated heterocycles. The van der Waals surface area contributed by atoms with Crippen molar-refractivity contribution in [1.82, 2.24) is 0 Å². The van der Waals surface area contributed by atoms with E-state index in [0.29, 0.717) is 5.69 Å². The van der Waals surface area contributed by atoms with Crippen molar-refractivity contribution >= 4 is 5.69 Å². The molecule has 2 aromatic carbocycles. The summed E-state index contributed by atoms with van der Waals surface area (Å²) in [6.45, 7) is 3.76. The lowest BCUT2D eigenvalue weighted by Crippen LogP contribution is -2.10. The second-order valence-electron chi connectivity index (χ2n) is 4.11. The molecule has 0 aliphatic carbocycles. The van der Waals surface area contributed by atoms with Gasteiger partial charge in [-0.1, -0.05) is 48.5 Å². The zero-order valence-electron chi connectivity index (χ0n) is 10.1. The normalized spacial score (nSPS) is 11.8. The number of para-hydroxylation sites is 1. The van der Waals surface area contributed by atoms with Crippen molar-refractivity contribution in [3.8, 4) is 0 Å². The predicted octanol–water partition coefficient (Wildman–Crippen LogP) is 4.56. The highest BCUT2D eigenvalue weighted by Crippen LogP contribution is 2.24. The molecule has 0 amide bonds. The Labute approximate surface area is 107 Å². The summed E-state index contributed by atoms with van der Waals surface area (Å²) in [6.07, 6.45) is 2.59. The van der Waals surface area contributed by atoms with Gasteiger partial charge in [0.1, 0.15) is 5.82 Å². The van der Waals surface area contributed by atoms with Crippen molar-refractivity contribution in [2.75, 3.05) is 5.32 Å². The van der Waals surface area contributed by atoms with E-state index in [9.17, 15) is 4.39 Å². The van der Waals surface area contributed by atoms with Gasteiger partial charge in [0.15, 0.2) is 0 Å². The highest BCUT2D eigenvalue weighted by molar-refractivity contribution is 5.46. The molecule has 0 saturated carbocycles. The molecule has 1 N–H and O–H groups in total. The molecular weight excluding hydrogens is 225 g/mol. The van der Waals surface area contributed by atoms with Crippen molar-refractivity contribution in [3.05, 3.63) is 78.6 Å². The fourth-order valence-electron chi connectivity index (χ4n) is 1.90. The van der Waals surface area contributed by atoms with Crippen molar-refractivity contribution in [3.63, 3.8) is 0 Å². The van der Waals surface area contributed by atoms with Gasteiger partial charge in [-0.05, 0) is 24.1 Å². The van der Waals surface area contributed by atoms with Crippen molar-refractivity contribution in [1.29, 1.82) is 0 Å². The molecule has 0 radical (unpaired) electrons. The summed E-state index contributed by atoms with van der Waals surface area (Å²) in [5.41, 5.74) is 1.65. The molecule has 2 rings (SSSR count). The number of anilines is 1. The van der Waals surface area contributed by atoms with Crippen LogP contribution in [0.25, 0.3) is 0 Å². The number of rotatable bonds is 5. The number of nitrogens with one attached hydrogen (secondary N) is 1. The summed E-state index contributed by atoms with van der Waals surface area (Å²) in [5.74, 6) is -0.234. The molecule has 0 heterocycles. The fraction of sp³-hybridized carbons (Fsp3) is 0.125. The SMILES string of the molecule is C=CCC(Nc1ccccc1F)c1ccccc1. The Hall–Kier alpha value is -2.09. The second-order valence-corrected chi connectivity index (χ2v) is 4.11. The molecule has 1 atom stereocenters. The van der Waals surface area contributed by atoms with Crippen LogP contribution in [0.1, 0.15) is 18.0 Å². The van der Waals surface area contributed by atoms with Crippen LogP contribution in [0.15, 0.2) is 67.3 Å². The van der Waals surface area contributed by atoms with Crippen molar-refractivity contribution in [2.45, 2.75) is 12.5 Å². The van der Waals surface area contributed by atoms with Gasteiger partial charge in [-0.15, -0.1) is 6.58 Å². The zero-order chi connectivity index (χ0) is 12.8. The largest absolute Gasteiger partial charge is 0.376 e. The Morgan fingerprint density at radius 2 is 1.72 bits per heavy atom. The fourth-order valence-corrected chi connectivity index (χ4v) is 1.90. The monoisotopic (exact) mass is 241 g/mol. The minimum Gasteiger partial charge on any atom is -0.376 e. The Bertz CT molecular complexity index is 508. The number of hydrogen-bond donors (Lipinski definition) is 1. The minimum absolute atomic E-state index is 0.0422. The third kappa shape index (κ3) is 2.98. The molecule has 1 nitrogen and oxygen atoms in total. The lowest BCUT2D eigenvalue weighted by molar-refractivity contribution is 0.625. The predicted molar refractivity (Wildman–Crippen MR) is 74.0 cm³/mol. The maximum absolute atomic E-state index is 13.6. The maximum Gasteiger partial charge on any atom is 0.146 e. The van der Waals surface area contributed by atoms with Crippen molar-refractivity contribution in [2.24, 2.45) is 0 Å². The molecule has 1 unspecified atom stereocenters. The summed E-state index contributed by atoms with van der Waals surface area (Å²) in [5, 5.41) is 3.22. The first-order valence-electron chi connectivity index (χ1n) is 5.98. The lowest BCUT2D eigenvalue weighted by Gasteiger charge is -2.19. The summed E-state index contributed by atoms with van der Waals surface area (Å²) >= 11 is 0. The summed E-state index contributed by atoms with van der Waals surface area (Å²) < 4.78 is 13.6. The second kappa shape index (κ2) is 6.01. The molecule has 0 aromatic heterocycles. The summed E-state index contributed by atoms with van der Waals surface area (Å²) in [6, 6.07) is 16.7. The molecular formula is C16H16FN. The van der Waals surface area contributed by atoms with E-state index in [0.717, 1.165) is 12.0 Å². The van der Waals surface area contributed by atoms with Gasteiger partial charge in [0.25, 0.3) is 0 Å². The molecule has 2 aromatic rings. The molecule has 92 valence electrons. The van der Waals surface area contributed by atoms with Gasteiger partial charge in [-0.25, -0.2) is 4.39 Å². The van der Waals surface area contributed by atoms with Gasteiger partial charge in [-0.3, -0.25) is 0 Å². The van der Waals surface area contributed by atoms with E-state index < -0.39 is 0 Å². The van der Waals surface area contributed by atoms with Gasteiger partial charge >= 0.3 is 0 Å². The topological polar surface area (TPSA) is 12.0 Å². The van der Waals surface area contributed by atoms with Gasteiger partial charge < -0.3 is 5.32 Å². The Morgan fingerprint density at radius 1 is 1.06 bits per heavy atom. The van der Waals surface area contributed by atoms with Crippen LogP contribution in [-0.4, -0.2) is 0 Å². The first-order valence-corrected chi connectivity index (χ1v) is 5.98. The van der Waals surface area contributed by atoms with E-state index >= 15 is 0 Å². The number of hydrogen-bond acceptors (Lipinski definition) is 1. The van der Waals surface area contributed by atoms with E-state index in [1.165, 1.54) is 6.07 Å². The van der Waals surface area contributed by atoms with E-state index in [1.807, 2.05) is 42.5 Å². The first kappa shape index (κ1) is 12.4. The highest BCUT2D eigenvalue weighted by Gasteiger charge is 2.11. The third-order valence-corrected chi connectivity index (χ3v) is 2.81. The Kier molecular flexibility index (Phi) is 4.13. The summed E-state index contributed by atoms with van der Waals surface area (Å²) in [7, 11) is 0. The van der Waals surface area contributed by atoms with Gasteiger partial charge in [-0.2, -0.15) is 0 Å². The van der Waals surface area contributed by atoms with Crippen LogP contribution >= 0.6 is 0 Å². The molecule has 0 bridgehead atoms. The number of benzene rings is 2. The van der Waals surface area contributed by atoms with Gasteiger partial charge in [0, 0.05) is 0 Å². The van der Waals surface area contributed by atoms with Crippen LogP contribution in [0.5, 0.6) is 0 Å². The molecule has 0 fully saturated rings. The standard InChI is InChI=1S/C16H16FN/c1-2-8-15(13-9-4-3-5-10-13)18-16-12-7-6-11-14(16)17/h2-7,9-12,15,18H,1,8H2. The van der Waals surface area contributed by atoms with E-state index in [-0.39, 0.29) is 11.9 Å². The van der Waals surface area contributed by atoms with Crippen LogP contribution in [0.3, 0.4) is 0 Å². The van der Waals surface area contributed by atoms with Crippen molar-refractivity contribution < 1.29 is 4.39 Å². The molecule has 0 aliphatic heterocycles. The average Bonchev–Trinajstić information content (AvgIpc) is 2.42. The quantitative estimate of drug-likeness (QED) is 0.757. The van der Waals surface area contributed by atoms with E-state index in [2.05, 4.69) is 11.9 Å². The van der Waals surface area contributed by atoms with E-state index in [1.54, 1.807) is 12.1 Å². The van der Waals surface area contributed by atoms with Crippen LogP contribution in [0, 0.1) is 5.82 Å². The van der Waals surface area contributed by atoms with Crippen LogP contribution in [0.2, 0.25) is 0 Å². The minimum atomic E-state index is -0.234. The van der Waals surface area contributed by atoms with Gasteiger partial charge in [0.05, 0.1) is 11.7 Å². The maximum atomic E-state index is 13.6. The first-order chi connectivity index (χ1) is 8.81. The summed E-state index contributed by atoms with van der Waals surface area (Å²) in [4.78, 5) is 0. The molecule has 18 heavy (non-hydrogen) atoms. The smallest absolute Gasteiger partial charge is 0.146 e.